The number of nitrogens with one attached hydrogen (secondary N) is 2. The second-order valence-corrected chi connectivity index (χ2v) is 3.18. The maximum Gasteiger partial charge on any atom is 0.323 e. The fourth-order valence-corrected chi connectivity index (χ4v) is 1.08. The van der Waals surface area contributed by atoms with E-state index < -0.39 is 18.5 Å². The van der Waals surface area contributed by atoms with Gasteiger partial charge in [0.15, 0.2) is 0 Å². The Bertz CT molecular complexity index is 399. The number of hydrogen-bond donors (Lipinski definition) is 3. The Morgan fingerprint density at radius 1 is 1.31 bits per heavy atom. The van der Waals surface area contributed by atoms with Crippen molar-refractivity contribution in [1.82, 2.24) is 15.3 Å². The molecular weight excluding hydrogens is 212 g/mol. The first-order chi connectivity index (χ1) is 7.47. The van der Waals surface area contributed by atoms with Crippen LogP contribution in [0, 0.1) is 13.8 Å². The molecular formula is C9H12N4O3. The Kier molecular flexibility index (Phi) is 3.76. The highest BCUT2D eigenvalue weighted by Gasteiger charge is 2.06. The number of aryl methyl sites for hydroxylation is 2. The van der Waals surface area contributed by atoms with Crippen molar-refractivity contribution in [3.05, 3.63) is 17.5 Å². The first-order valence-corrected chi connectivity index (χ1v) is 4.56. The van der Waals surface area contributed by atoms with E-state index in [1.54, 1.807) is 19.9 Å². The molecule has 0 saturated carbocycles. The smallest absolute Gasteiger partial charge is 0.323 e. The summed E-state index contributed by atoms with van der Waals surface area (Å²) in [6.07, 6.45) is 0. The standard InChI is InChI=1S/C9H12N4O3/c1-5-3-6(2)12-8(11-5)13-9(16)10-4-7(14)15/h3H,4H2,1-2H3,(H,14,15)(H2,10,11,12,13,16). The highest BCUT2D eigenvalue weighted by molar-refractivity contribution is 5.89. The maximum atomic E-state index is 11.2. The number of hydrogen-bond acceptors (Lipinski definition) is 4. The molecule has 0 radical (unpaired) electrons. The number of urea groups is 1. The van der Waals surface area contributed by atoms with Crippen molar-refractivity contribution in [3.8, 4) is 0 Å². The monoisotopic (exact) mass is 224 g/mol. The van der Waals surface area contributed by atoms with E-state index in [2.05, 4.69) is 20.6 Å². The van der Waals surface area contributed by atoms with E-state index >= 15 is 0 Å². The number of rotatable bonds is 3. The molecule has 7 heteroatoms. The number of carbonyl (C=O) groups excluding carboxylic acids is 1. The molecule has 0 spiro atoms. The van der Waals surface area contributed by atoms with Crippen LogP contribution in [-0.2, 0) is 4.79 Å². The van der Waals surface area contributed by atoms with Crippen molar-refractivity contribution < 1.29 is 14.7 Å². The van der Waals surface area contributed by atoms with Crippen LogP contribution in [0.15, 0.2) is 6.07 Å². The molecule has 3 N–H and O–H groups in total. The summed E-state index contributed by atoms with van der Waals surface area (Å²) < 4.78 is 0. The van der Waals surface area contributed by atoms with Crippen LogP contribution in [0.4, 0.5) is 10.7 Å². The third-order valence-electron chi connectivity index (χ3n) is 1.61. The number of aromatic nitrogens is 2. The van der Waals surface area contributed by atoms with Gasteiger partial charge in [-0.25, -0.2) is 14.8 Å². The van der Waals surface area contributed by atoms with Crippen molar-refractivity contribution in [3.63, 3.8) is 0 Å². The molecule has 2 amide bonds. The normalized spacial score (nSPS) is 9.62. The van der Waals surface area contributed by atoms with E-state index in [9.17, 15) is 9.59 Å². The zero-order chi connectivity index (χ0) is 12.1. The summed E-state index contributed by atoms with van der Waals surface area (Å²) >= 11 is 0. The van der Waals surface area contributed by atoms with Gasteiger partial charge in [0.1, 0.15) is 6.54 Å². The van der Waals surface area contributed by atoms with Gasteiger partial charge in [-0.05, 0) is 19.9 Å². The third kappa shape index (κ3) is 3.91. The number of carbonyl (C=O) groups is 2. The second kappa shape index (κ2) is 5.06. The molecule has 1 aromatic rings. The average molecular weight is 224 g/mol. The minimum Gasteiger partial charge on any atom is -0.480 e. The molecule has 86 valence electrons. The van der Waals surface area contributed by atoms with Gasteiger partial charge in [0, 0.05) is 11.4 Å². The van der Waals surface area contributed by atoms with E-state index in [4.69, 9.17) is 5.11 Å². The van der Waals surface area contributed by atoms with Crippen LogP contribution in [-0.4, -0.2) is 33.6 Å². The molecule has 0 fully saturated rings. The molecule has 0 aromatic carbocycles. The second-order valence-electron chi connectivity index (χ2n) is 3.18. The average Bonchev–Trinajstić information content (AvgIpc) is 2.12. The number of aliphatic carboxylic acids is 1. The lowest BCUT2D eigenvalue weighted by molar-refractivity contribution is -0.135. The fourth-order valence-electron chi connectivity index (χ4n) is 1.08. The van der Waals surface area contributed by atoms with Gasteiger partial charge in [0.05, 0.1) is 0 Å². The Morgan fingerprint density at radius 2 is 1.88 bits per heavy atom. The van der Waals surface area contributed by atoms with Gasteiger partial charge >= 0.3 is 12.0 Å². The van der Waals surface area contributed by atoms with Gasteiger partial charge in [0.2, 0.25) is 5.95 Å². The van der Waals surface area contributed by atoms with Crippen LogP contribution in [0.1, 0.15) is 11.4 Å². The van der Waals surface area contributed by atoms with Gasteiger partial charge in [-0.15, -0.1) is 0 Å². The maximum absolute atomic E-state index is 11.2. The Balaban J connectivity index is 2.59. The lowest BCUT2D eigenvalue weighted by Crippen LogP contribution is -2.33. The van der Waals surface area contributed by atoms with Crippen molar-refractivity contribution in [2.24, 2.45) is 0 Å². The quantitative estimate of drug-likeness (QED) is 0.685. The van der Waals surface area contributed by atoms with E-state index in [1.165, 1.54) is 0 Å². The molecule has 0 atom stereocenters. The zero-order valence-corrected chi connectivity index (χ0v) is 8.94. The zero-order valence-electron chi connectivity index (χ0n) is 8.94. The van der Waals surface area contributed by atoms with E-state index in [1.807, 2.05) is 0 Å². The van der Waals surface area contributed by atoms with Gasteiger partial charge < -0.3 is 10.4 Å². The number of carboxylic acid groups (broad SMARTS) is 1. The van der Waals surface area contributed by atoms with Gasteiger partial charge in [-0.3, -0.25) is 10.1 Å². The fraction of sp³-hybridized carbons (Fsp3) is 0.333. The summed E-state index contributed by atoms with van der Waals surface area (Å²) in [5, 5.41) is 12.8. The minimum atomic E-state index is -1.11. The summed E-state index contributed by atoms with van der Waals surface area (Å²) in [6.45, 7) is 3.10. The molecule has 1 rings (SSSR count). The molecule has 16 heavy (non-hydrogen) atoms. The molecule has 0 aliphatic rings. The molecule has 0 saturated heterocycles. The number of carboxylic acids is 1. The van der Waals surface area contributed by atoms with Gasteiger partial charge in [-0.2, -0.15) is 0 Å². The van der Waals surface area contributed by atoms with E-state index in [-0.39, 0.29) is 5.95 Å². The van der Waals surface area contributed by atoms with Crippen molar-refractivity contribution >= 4 is 17.9 Å². The van der Waals surface area contributed by atoms with Crippen LogP contribution < -0.4 is 10.6 Å². The van der Waals surface area contributed by atoms with E-state index in [0.29, 0.717) is 0 Å². The topological polar surface area (TPSA) is 104 Å². The molecule has 7 nitrogen and oxygen atoms in total. The van der Waals surface area contributed by atoms with Crippen molar-refractivity contribution in [2.75, 3.05) is 11.9 Å². The van der Waals surface area contributed by atoms with Crippen LogP contribution in [0.25, 0.3) is 0 Å². The Morgan fingerprint density at radius 3 is 2.38 bits per heavy atom. The number of amides is 2. The largest absolute Gasteiger partial charge is 0.480 e. The lowest BCUT2D eigenvalue weighted by atomic mass is 10.4. The number of nitrogens with zero attached hydrogens (tertiary/aromatic N) is 2. The highest BCUT2D eigenvalue weighted by Crippen LogP contribution is 2.02. The van der Waals surface area contributed by atoms with Crippen LogP contribution in [0.5, 0.6) is 0 Å². The van der Waals surface area contributed by atoms with Crippen LogP contribution >= 0.6 is 0 Å². The van der Waals surface area contributed by atoms with Crippen molar-refractivity contribution in [2.45, 2.75) is 13.8 Å². The van der Waals surface area contributed by atoms with Crippen molar-refractivity contribution in [1.29, 1.82) is 0 Å². The third-order valence-corrected chi connectivity index (χ3v) is 1.61. The van der Waals surface area contributed by atoms with E-state index in [0.717, 1.165) is 11.4 Å². The lowest BCUT2D eigenvalue weighted by Gasteiger charge is -2.05. The predicted molar refractivity (Wildman–Crippen MR) is 56.2 cm³/mol. The molecule has 0 unspecified atom stereocenters. The van der Waals surface area contributed by atoms with Crippen LogP contribution in [0.3, 0.4) is 0 Å². The first kappa shape index (κ1) is 11.9. The summed E-state index contributed by atoms with van der Waals surface area (Å²) in [7, 11) is 0. The summed E-state index contributed by atoms with van der Waals surface area (Å²) in [4.78, 5) is 29.3. The summed E-state index contributed by atoms with van der Waals surface area (Å²) in [5.74, 6) is -0.961. The number of anilines is 1. The molecule has 0 aliphatic heterocycles. The molecule has 0 bridgehead atoms. The Labute approximate surface area is 91.9 Å². The minimum absolute atomic E-state index is 0.153. The molecule has 0 aliphatic carbocycles. The SMILES string of the molecule is Cc1cc(C)nc(NC(=O)NCC(=O)O)n1. The molecule has 1 aromatic heterocycles. The summed E-state index contributed by atoms with van der Waals surface area (Å²) in [5.41, 5.74) is 1.45. The van der Waals surface area contributed by atoms with Gasteiger partial charge in [0.25, 0.3) is 0 Å². The predicted octanol–water partition coefficient (Wildman–Crippen LogP) is 0.300. The summed E-state index contributed by atoms with van der Waals surface area (Å²) in [6, 6.07) is 1.12. The van der Waals surface area contributed by atoms with Gasteiger partial charge in [-0.1, -0.05) is 0 Å². The first-order valence-electron chi connectivity index (χ1n) is 4.56. The Hall–Kier alpha value is -2.18. The highest BCUT2D eigenvalue weighted by atomic mass is 16.4. The molecule has 1 heterocycles. The van der Waals surface area contributed by atoms with Crippen LogP contribution in [0.2, 0.25) is 0 Å².